The molecule has 0 spiro atoms. The van der Waals surface area contributed by atoms with Crippen LogP contribution in [0.5, 0.6) is 0 Å². The smallest absolute Gasteiger partial charge is 0.317 e. The van der Waals surface area contributed by atoms with Crippen LogP contribution in [0.4, 0.5) is 0 Å². The van der Waals surface area contributed by atoms with E-state index in [0.717, 1.165) is 0 Å². The standard InChI is InChI=1S/C19H15Br.C4H7BrO2/c20-19(16-10-4-1-5-11-16,17-12-6-2-7-13-17)18-14-8-3-9-15-18;1-2-3(5)4(6)7/h1-15H;3H,2H2,1H3,(H,6,7). The van der Waals surface area contributed by atoms with Gasteiger partial charge in [0.25, 0.3) is 0 Å². The predicted octanol–water partition coefficient (Wildman–Crippen LogP) is 6.62. The lowest BCUT2D eigenvalue weighted by atomic mass is 9.85. The number of carbonyl (C=O) groups is 1. The molecule has 0 heterocycles. The van der Waals surface area contributed by atoms with Gasteiger partial charge in [-0.15, -0.1) is 0 Å². The predicted molar refractivity (Wildman–Crippen MR) is 119 cm³/mol. The zero-order chi connectivity index (χ0) is 19.7. The van der Waals surface area contributed by atoms with Crippen LogP contribution in [0.15, 0.2) is 91.0 Å². The van der Waals surface area contributed by atoms with E-state index in [9.17, 15) is 4.79 Å². The van der Waals surface area contributed by atoms with Crippen LogP contribution in [0.1, 0.15) is 30.0 Å². The molecule has 0 aromatic heterocycles. The summed E-state index contributed by atoms with van der Waals surface area (Å²) in [7, 11) is 0. The monoisotopic (exact) mass is 488 g/mol. The highest BCUT2D eigenvalue weighted by molar-refractivity contribution is 9.10. The molecule has 2 nitrogen and oxygen atoms in total. The minimum Gasteiger partial charge on any atom is -0.480 e. The van der Waals surface area contributed by atoms with Gasteiger partial charge in [-0.05, 0) is 23.1 Å². The molecular formula is C23H22Br2O2. The third kappa shape index (κ3) is 5.53. The Morgan fingerprint density at radius 1 is 0.815 bits per heavy atom. The topological polar surface area (TPSA) is 37.3 Å². The normalized spacial score (nSPS) is 11.8. The zero-order valence-electron chi connectivity index (χ0n) is 15.1. The van der Waals surface area contributed by atoms with E-state index in [1.54, 1.807) is 0 Å². The molecular weight excluding hydrogens is 468 g/mol. The quantitative estimate of drug-likeness (QED) is 0.323. The van der Waals surface area contributed by atoms with E-state index in [4.69, 9.17) is 5.11 Å². The fourth-order valence-corrected chi connectivity index (χ4v) is 3.47. The Morgan fingerprint density at radius 3 is 1.30 bits per heavy atom. The van der Waals surface area contributed by atoms with Crippen LogP contribution in [0.2, 0.25) is 0 Å². The molecule has 140 valence electrons. The molecule has 1 atom stereocenters. The van der Waals surface area contributed by atoms with Crippen LogP contribution in [0.3, 0.4) is 0 Å². The van der Waals surface area contributed by atoms with Gasteiger partial charge in [-0.2, -0.15) is 0 Å². The van der Waals surface area contributed by atoms with E-state index >= 15 is 0 Å². The molecule has 0 amide bonds. The van der Waals surface area contributed by atoms with Gasteiger partial charge < -0.3 is 5.11 Å². The second kappa shape index (κ2) is 10.4. The molecule has 0 aliphatic rings. The minimum absolute atomic E-state index is 0.309. The largest absolute Gasteiger partial charge is 0.480 e. The minimum atomic E-state index is -0.789. The summed E-state index contributed by atoms with van der Waals surface area (Å²) in [5.41, 5.74) is 3.70. The molecule has 1 unspecified atom stereocenters. The first-order valence-corrected chi connectivity index (χ1v) is 10.4. The molecule has 0 fully saturated rings. The van der Waals surface area contributed by atoms with E-state index in [1.807, 2.05) is 25.1 Å². The molecule has 3 aromatic carbocycles. The van der Waals surface area contributed by atoms with Gasteiger partial charge in [-0.3, -0.25) is 4.79 Å². The second-order valence-corrected chi connectivity index (χ2v) is 8.27. The van der Waals surface area contributed by atoms with Gasteiger partial charge in [-0.25, -0.2) is 0 Å². The van der Waals surface area contributed by atoms with Gasteiger partial charge in [0, 0.05) is 0 Å². The van der Waals surface area contributed by atoms with Crippen molar-refractivity contribution < 1.29 is 9.90 Å². The summed E-state index contributed by atoms with van der Waals surface area (Å²) >= 11 is 6.95. The van der Waals surface area contributed by atoms with Gasteiger partial charge in [0.05, 0.1) is 0 Å². The molecule has 3 aromatic rings. The first kappa shape index (κ1) is 21.4. The molecule has 0 aliphatic carbocycles. The van der Waals surface area contributed by atoms with Gasteiger partial charge in [0.1, 0.15) is 9.15 Å². The van der Waals surface area contributed by atoms with E-state index in [1.165, 1.54) is 16.7 Å². The van der Waals surface area contributed by atoms with E-state index in [-0.39, 0.29) is 9.15 Å². The summed E-state index contributed by atoms with van der Waals surface area (Å²) in [6, 6.07) is 31.6. The van der Waals surface area contributed by atoms with E-state index < -0.39 is 5.97 Å². The number of benzene rings is 3. The molecule has 0 radical (unpaired) electrons. The van der Waals surface area contributed by atoms with Crippen LogP contribution < -0.4 is 0 Å². The van der Waals surface area contributed by atoms with Crippen molar-refractivity contribution in [1.82, 2.24) is 0 Å². The Bertz CT molecular complexity index is 724. The maximum atomic E-state index is 9.88. The summed E-state index contributed by atoms with van der Waals surface area (Å²) in [6.45, 7) is 1.81. The summed E-state index contributed by atoms with van der Waals surface area (Å²) in [5.74, 6) is -0.789. The molecule has 0 saturated carbocycles. The highest BCUT2D eigenvalue weighted by Crippen LogP contribution is 2.44. The molecule has 0 aliphatic heterocycles. The lowest BCUT2D eigenvalue weighted by Crippen LogP contribution is -2.21. The van der Waals surface area contributed by atoms with Crippen molar-refractivity contribution in [2.24, 2.45) is 0 Å². The van der Waals surface area contributed by atoms with E-state index in [2.05, 4.69) is 105 Å². The average molecular weight is 490 g/mol. The Labute approximate surface area is 177 Å². The Balaban J connectivity index is 0.000000321. The number of hydrogen-bond acceptors (Lipinski definition) is 1. The van der Waals surface area contributed by atoms with Crippen LogP contribution in [-0.4, -0.2) is 15.9 Å². The van der Waals surface area contributed by atoms with Crippen molar-refractivity contribution in [2.75, 3.05) is 0 Å². The van der Waals surface area contributed by atoms with Crippen molar-refractivity contribution in [2.45, 2.75) is 22.5 Å². The fourth-order valence-electron chi connectivity index (χ4n) is 2.68. The highest BCUT2D eigenvalue weighted by atomic mass is 79.9. The third-order valence-electron chi connectivity index (χ3n) is 4.14. The highest BCUT2D eigenvalue weighted by Gasteiger charge is 2.32. The van der Waals surface area contributed by atoms with Crippen LogP contribution in [0.25, 0.3) is 0 Å². The number of alkyl halides is 2. The van der Waals surface area contributed by atoms with Gasteiger partial charge in [0.15, 0.2) is 0 Å². The number of rotatable bonds is 5. The summed E-state index contributed by atoms with van der Waals surface area (Å²) in [6.07, 6.45) is 0.634. The Morgan fingerprint density at radius 2 is 1.11 bits per heavy atom. The van der Waals surface area contributed by atoms with Crippen LogP contribution in [0, 0.1) is 0 Å². The first-order valence-electron chi connectivity index (χ1n) is 8.72. The Kier molecular flexibility index (Phi) is 8.26. The molecule has 27 heavy (non-hydrogen) atoms. The van der Waals surface area contributed by atoms with Crippen molar-refractivity contribution in [3.05, 3.63) is 108 Å². The maximum Gasteiger partial charge on any atom is 0.317 e. The zero-order valence-corrected chi connectivity index (χ0v) is 18.2. The molecule has 0 bridgehead atoms. The number of carboxylic acid groups (broad SMARTS) is 1. The summed E-state index contributed by atoms with van der Waals surface area (Å²) < 4.78 is -0.309. The summed E-state index contributed by atoms with van der Waals surface area (Å²) in [4.78, 5) is 9.52. The van der Waals surface area contributed by atoms with Crippen molar-refractivity contribution in [1.29, 1.82) is 0 Å². The SMILES string of the molecule is BrC(c1ccccc1)(c1ccccc1)c1ccccc1.CCC(Br)C(=O)O. The lowest BCUT2D eigenvalue weighted by Gasteiger charge is -2.29. The maximum absolute atomic E-state index is 9.88. The first-order chi connectivity index (χ1) is 13.0. The molecule has 3 rings (SSSR count). The number of hydrogen-bond donors (Lipinski definition) is 1. The van der Waals surface area contributed by atoms with Crippen molar-refractivity contribution >= 4 is 37.8 Å². The van der Waals surface area contributed by atoms with Gasteiger partial charge >= 0.3 is 5.97 Å². The summed E-state index contributed by atoms with van der Waals surface area (Å²) in [5, 5.41) is 8.14. The number of carboxylic acids is 1. The lowest BCUT2D eigenvalue weighted by molar-refractivity contribution is -0.136. The van der Waals surface area contributed by atoms with Gasteiger partial charge in [0.2, 0.25) is 0 Å². The van der Waals surface area contributed by atoms with Crippen molar-refractivity contribution in [3.63, 3.8) is 0 Å². The molecule has 1 N–H and O–H groups in total. The third-order valence-corrected chi connectivity index (χ3v) is 6.55. The van der Waals surface area contributed by atoms with Crippen molar-refractivity contribution in [3.8, 4) is 0 Å². The number of aliphatic carboxylic acids is 1. The van der Waals surface area contributed by atoms with Gasteiger partial charge in [-0.1, -0.05) is 130 Å². The molecule has 0 saturated heterocycles. The number of halogens is 2. The van der Waals surface area contributed by atoms with Crippen LogP contribution >= 0.6 is 31.9 Å². The average Bonchev–Trinajstić information content (AvgIpc) is 2.74. The fraction of sp³-hybridized carbons (Fsp3) is 0.174. The second-order valence-electron chi connectivity index (χ2n) is 5.97. The molecule has 4 heteroatoms. The Hall–Kier alpha value is -1.91. The van der Waals surface area contributed by atoms with Crippen LogP contribution in [-0.2, 0) is 9.12 Å². The van der Waals surface area contributed by atoms with E-state index in [0.29, 0.717) is 6.42 Å².